The molecule has 0 aliphatic carbocycles. The summed E-state index contributed by atoms with van der Waals surface area (Å²) in [5.74, 6) is 0.269. The molecule has 0 bridgehead atoms. The van der Waals surface area contributed by atoms with E-state index in [-0.39, 0.29) is 23.1 Å². The summed E-state index contributed by atoms with van der Waals surface area (Å²) in [7, 11) is 0. The van der Waals surface area contributed by atoms with Crippen molar-refractivity contribution in [1.29, 1.82) is 0 Å². The van der Waals surface area contributed by atoms with Gasteiger partial charge >= 0.3 is 0 Å². The van der Waals surface area contributed by atoms with Crippen molar-refractivity contribution < 1.29 is 4.79 Å². The fourth-order valence-electron chi connectivity index (χ4n) is 1.02. The number of nitrogens with zero attached hydrogens (tertiary/aromatic N) is 3. The average Bonchev–Trinajstić information content (AvgIpc) is 2.16. The highest BCUT2D eigenvalue weighted by molar-refractivity contribution is 6.28. The van der Waals surface area contributed by atoms with E-state index >= 15 is 0 Å². The van der Waals surface area contributed by atoms with E-state index < -0.39 is 0 Å². The quantitative estimate of drug-likeness (QED) is 0.676. The number of rotatable bonds is 5. The first-order valence-electron chi connectivity index (χ1n) is 4.79. The smallest absolute Gasteiger partial charge is 0.228 e. The van der Waals surface area contributed by atoms with Crippen LogP contribution in [0.4, 0.5) is 11.9 Å². The molecule has 0 aliphatic heterocycles. The summed E-state index contributed by atoms with van der Waals surface area (Å²) in [6, 6.07) is 0. The summed E-state index contributed by atoms with van der Waals surface area (Å²) < 4.78 is 0. The lowest BCUT2D eigenvalue weighted by molar-refractivity contribution is -0.120. The maximum atomic E-state index is 11.1. The van der Waals surface area contributed by atoms with Crippen molar-refractivity contribution in [2.45, 2.75) is 13.3 Å². The van der Waals surface area contributed by atoms with Crippen LogP contribution >= 0.6 is 11.6 Å². The summed E-state index contributed by atoms with van der Waals surface area (Å²) in [4.78, 5) is 22.3. The van der Waals surface area contributed by atoms with Crippen LogP contribution in [0.25, 0.3) is 0 Å². The molecule has 1 rings (SSSR count). The van der Waals surface area contributed by atoms with Crippen molar-refractivity contribution in [3.05, 3.63) is 5.28 Å². The highest BCUT2D eigenvalue weighted by Gasteiger charge is 2.03. The lowest BCUT2D eigenvalue weighted by Crippen LogP contribution is -2.25. The minimum absolute atomic E-state index is 0.0213. The van der Waals surface area contributed by atoms with Crippen LogP contribution in [-0.2, 0) is 4.79 Å². The number of aromatic nitrogens is 3. The van der Waals surface area contributed by atoms with Gasteiger partial charge in [0.15, 0.2) is 0 Å². The second-order valence-corrected chi connectivity index (χ2v) is 3.25. The summed E-state index contributed by atoms with van der Waals surface area (Å²) in [5, 5.41) is 5.52. The van der Waals surface area contributed by atoms with Crippen LogP contribution in [-0.4, -0.2) is 33.9 Å². The van der Waals surface area contributed by atoms with Crippen LogP contribution < -0.4 is 16.4 Å². The van der Waals surface area contributed by atoms with E-state index in [0.29, 0.717) is 19.5 Å². The molecule has 7 nitrogen and oxygen atoms in total. The van der Waals surface area contributed by atoms with Gasteiger partial charge in [-0.05, 0) is 18.5 Å². The third-order valence-corrected chi connectivity index (χ3v) is 1.80. The van der Waals surface area contributed by atoms with Crippen molar-refractivity contribution in [2.24, 2.45) is 0 Å². The largest absolute Gasteiger partial charge is 0.368 e. The third-order valence-electron chi connectivity index (χ3n) is 1.63. The maximum absolute atomic E-state index is 11.1. The van der Waals surface area contributed by atoms with E-state index in [9.17, 15) is 4.79 Å². The van der Waals surface area contributed by atoms with Crippen LogP contribution in [0.3, 0.4) is 0 Å². The molecule has 16 heavy (non-hydrogen) atoms. The van der Waals surface area contributed by atoms with Crippen LogP contribution in [0, 0.1) is 0 Å². The number of nitrogens with one attached hydrogen (secondary N) is 2. The van der Waals surface area contributed by atoms with Crippen molar-refractivity contribution >= 4 is 29.4 Å². The predicted molar refractivity (Wildman–Crippen MR) is 61.0 cm³/mol. The molecule has 1 heterocycles. The molecule has 0 aromatic carbocycles. The third kappa shape index (κ3) is 4.26. The second kappa shape index (κ2) is 6.06. The zero-order chi connectivity index (χ0) is 12.0. The predicted octanol–water partition coefficient (Wildman–Crippen LogP) is 0.0453. The number of hydrogen-bond donors (Lipinski definition) is 3. The van der Waals surface area contributed by atoms with Gasteiger partial charge in [-0.1, -0.05) is 0 Å². The Hall–Kier alpha value is -1.63. The van der Waals surface area contributed by atoms with Gasteiger partial charge in [-0.15, -0.1) is 0 Å². The first kappa shape index (κ1) is 12.4. The maximum Gasteiger partial charge on any atom is 0.228 e. The number of hydrogen-bond acceptors (Lipinski definition) is 6. The SMILES string of the molecule is CCNC(=O)CCNc1nc(N)nc(Cl)n1. The Balaban J connectivity index is 2.40. The summed E-state index contributed by atoms with van der Waals surface area (Å²) >= 11 is 5.58. The van der Waals surface area contributed by atoms with E-state index in [0.717, 1.165) is 0 Å². The van der Waals surface area contributed by atoms with Gasteiger partial charge in [0.1, 0.15) is 0 Å². The molecule has 88 valence electrons. The second-order valence-electron chi connectivity index (χ2n) is 2.92. The normalized spacial score (nSPS) is 9.88. The number of nitrogens with two attached hydrogens (primary N) is 1. The van der Waals surface area contributed by atoms with Gasteiger partial charge in [-0.3, -0.25) is 4.79 Å². The molecule has 0 spiro atoms. The van der Waals surface area contributed by atoms with Gasteiger partial charge in [-0.2, -0.15) is 15.0 Å². The van der Waals surface area contributed by atoms with Crippen LogP contribution in [0.15, 0.2) is 0 Å². The number of anilines is 2. The molecule has 0 saturated carbocycles. The molecule has 0 fully saturated rings. The highest BCUT2D eigenvalue weighted by atomic mass is 35.5. The molecule has 1 amide bonds. The molecular weight excluding hydrogens is 232 g/mol. The molecule has 0 unspecified atom stereocenters. The molecule has 4 N–H and O–H groups in total. The van der Waals surface area contributed by atoms with E-state index in [2.05, 4.69) is 25.6 Å². The Labute approximate surface area is 97.8 Å². The minimum Gasteiger partial charge on any atom is -0.368 e. The van der Waals surface area contributed by atoms with Crippen LogP contribution in [0.2, 0.25) is 5.28 Å². The minimum atomic E-state index is -0.0388. The average molecular weight is 245 g/mol. The molecule has 0 aliphatic rings. The lowest BCUT2D eigenvalue weighted by atomic mass is 10.4. The van der Waals surface area contributed by atoms with Crippen molar-refractivity contribution in [3.8, 4) is 0 Å². The summed E-state index contributed by atoms with van der Waals surface area (Å²) in [6.07, 6.45) is 0.330. The highest BCUT2D eigenvalue weighted by Crippen LogP contribution is 2.06. The van der Waals surface area contributed by atoms with Crippen molar-refractivity contribution in [3.63, 3.8) is 0 Å². The van der Waals surface area contributed by atoms with Crippen molar-refractivity contribution in [2.75, 3.05) is 24.1 Å². The Bertz CT molecular complexity index is 351. The van der Waals surface area contributed by atoms with Crippen molar-refractivity contribution in [1.82, 2.24) is 20.3 Å². The number of halogens is 1. The fraction of sp³-hybridized carbons (Fsp3) is 0.500. The topological polar surface area (TPSA) is 106 Å². The van der Waals surface area contributed by atoms with E-state index in [1.807, 2.05) is 6.92 Å². The van der Waals surface area contributed by atoms with Gasteiger partial charge in [0, 0.05) is 19.5 Å². The Kier molecular flexibility index (Phi) is 4.71. The zero-order valence-electron chi connectivity index (χ0n) is 8.83. The summed E-state index contributed by atoms with van der Waals surface area (Å²) in [6.45, 7) is 2.88. The number of amides is 1. The van der Waals surface area contributed by atoms with E-state index in [1.54, 1.807) is 0 Å². The van der Waals surface area contributed by atoms with E-state index in [4.69, 9.17) is 17.3 Å². The Morgan fingerprint density at radius 3 is 2.81 bits per heavy atom. The molecule has 1 aromatic heterocycles. The molecular formula is C8H13ClN6O. The summed E-state index contributed by atoms with van der Waals surface area (Å²) in [5.41, 5.74) is 5.37. The molecule has 0 atom stereocenters. The van der Waals surface area contributed by atoms with Gasteiger partial charge in [-0.25, -0.2) is 0 Å². The molecule has 8 heteroatoms. The van der Waals surface area contributed by atoms with Gasteiger partial charge in [0.2, 0.25) is 23.1 Å². The standard InChI is InChI=1S/C8H13ClN6O/c1-2-11-5(16)3-4-12-8-14-6(9)13-7(10)15-8/h2-4H2,1H3,(H,11,16)(H3,10,12,13,14,15). The Morgan fingerprint density at radius 2 is 2.19 bits per heavy atom. The Morgan fingerprint density at radius 1 is 1.44 bits per heavy atom. The molecule has 1 aromatic rings. The zero-order valence-corrected chi connectivity index (χ0v) is 9.58. The van der Waals surface area contributed by atoms with Gasteiger partial charge in [0.25, 0.3) is 0 Å². The molecule has 0 radical (unpaired) electrons. The number of carbonyl (C=O) groups excluding carboxylic acids is 1. The first-order valence-corrected chi connectivity index (χ1v) is 5.17. The van der Waals surface area contributed by atoms with E-state index in [1.165, 1.54) is 0 Å². The van der Waals surface area contributed by atoms with Crippen LogP contribution in [0.1, 0.15) is 13.3 Å². The van der Waals surface area contributed by atoms with Crippen LogP contribution in [0.5, 0.6) is 0 Å². The first-order chi connectivity index (χ1) is 7.61. The fourth-order valence-corrected chi connectivity index (χ4v) is 1.18. The number of nitrogen functional groups attached to an aromatic ring is 1. The number of carbonyl (C=O) groups is 1. The molecule has 0 saturated heterocycles. The van der Waals surface area contributed by atoms with Gasteiger partial charge < -0.3 is 16.4 Å². The lowest BCUT2D eigenvalue weighted by Gasteiger charge is -2.05. The van der Waals surface area contributed by atoms with Gasteiger partial charge in [0.05, 0.1) is 0 Å². The monoisotopic (exact) mass is 244 g/mol.